The Kier molecular flexibility index (Phi) is 5.79. The molecule has 0 bridgehead atoms. The molecule has 2 aliphatic carbocycles. The summed E-state index contributed by atoms with van der Waals surface area (Å²) >= 11 is 6.96. The van der Waals surface area contributed by atoms with Gasteiger partial charge in [0.05, 0.1) is 21.3 Å². The Balaban J connectivity index is 1.29. The van der Waals surface area contributed by atoms with Gasteiger partial charge in [0.2, 0.25) is 5.95 Å². The first-order chi connectivity index (χ1) is 20.3. The molecule has 0 amide bonds. The lowest BCUT2D eigenvalue weighted by atomic mass is 9.94. The van der Waals surface area contributed by atoms with Gasteiger partial charge in [-0.15, -0.1) is 23.1 Å². The molecular weight excluding hydrogens is 585 g/mol. The van der Waals surface area contributed by atoms with E-state index < -0.39 is 0 Å². The van der Waals surface area contributed by atoms with Crippen molar-refractivity contribution >= 4 is 73.6 Å². The van der Waals surface area contributed by atoms with Gasteiger partial charge in [-0.1, -0.05) is 54.7 Å². The number of fused-ring (bicyclic) bond motifs is 4. The van der Waals surface area contributed by atoms with Gasteiger partial charge in [-0.05, 0) is 48.5 Å². The Morgan fingerprint density at radius 3 is 2.80 bits per heavy atom. The van der Waals surface area contributed by atoms with Crippen LogP contribution in [0.15, 0.2) is 88.2 Å². The minimum absolute atomic E-state index is 0.0605. The van der Waals surface area contributed by atoms with Gasteiger partial charge in [-0.25, -0.2) is 9.97 Å². The summed E-state index contributed by atoms with van der Waals surface area (Å²) in [6, 6.07) is 11.1. The molecule has 5 heterocycles. The number of aromatic nitrogens is 4. The van der Waals surface area contributed by atoms with Crippen LogP contribution in [0.3, 0.4) is 0 Å². The number of nitrogens with zero attached hydrogens (tertiary/aromatic N) is 4. The Labute approximate surface area is 253 Å². The molecule has 2 saturated heterocycles. The van der Waals surface area contributed by atoms with Crippen molar-refractivity contribution in [2.24, 2.45) is 5.92 Å². The number of aromatic amines is 1. The van der Waals surface area contributed by atoms with Crippen LogP contribution in [0, 0.1) is 5.92 Å². The molecule has 202 valence electrons. The van der Waals surface area contributed by atoms with E-state index in [2.05, 4.69) is 86.8 Å². The first-order valence-electron chi connectivity index (χ1n) is 13.7. The average molecular weight is 609 g/mol. The van der Waals surface area contributed by atoms with Gasteiger partial charge in [-0.2, -0.15) is 4.37 Å². The van der Waals surface area contributed by atoms with E-state index in [1.807, 2.05) is 29.9 Å². The number of imidazole rings is 1. The fourth-order valence-electron chi connectivity index (χ4n) is 6.18. The Morgan fingerprint density at radius 2 is 1.93 bits per heavy atom. The van der Waals surface area contributed by atoms with Gasteiger partial charge in [0.25, 0.3) is 0 Å². The third-order valence-corrected chi connectivity index (χ3v) is 12.3. The molecule has 0 saturated carbocycles. The second-order valence-corrected chi connectivity index (χ2v) is 14.5. The molecule has 2 N–H and O–H groups in total. The zero-order chi connectivity index (χ0) is 26.9. The number of benzene rings is 2. The molecule has 41 heavy (non-hydrogen) atoms. The topological polar surface area (TPSA) is 69.7 Å². The summed E-state index contributed by atoms with van der Waals surface area (Å²) in [5.41, 5.74) is 6.45. The third-order valence-electron chi connectivity index (χ3n) is 8.12. The number of allylic oxidation sites excluding steroid dienone is 5. The molecule has 3 atom stereocenters. The number of thiazole rings is 1. The van der Waals surface area contributed by atoms with Crippen LogP contribution in [-0.4, -0.2) is 31.9 Å². The highest BCUT2D eigenvalue weighted by atomic mass is 32.2. The highest BCUT2D eigenvalue weighted by molar-refractivity contribution is 8.04. The maximum absolute atomic E-state index is 5.35. The van der Waals surface area contributed by atoms with Crippen LogP contribution in [-0.2, 0) is 0 Å². The summed E-state index contributed by atoms with van der Waals surface area (Å²) in [5, 5.41) is 8.25. The number of hydrogen-bond acceptors (Lipinski definition) is 9. The number of H-pyrrole nitrogens is 1. The van der Waals surface area contributed by atoms with Crippen molar-refractivity contribution in [1.82, 2.24) is 24.6 Å². The van der Waals surface area contributed by atoms with Crippen LogP contribution in [0.2, 0.25) is 0 Å². The van der Waals surface area contributed by atoms with Crippen LogP contribution < -0.4 is 9.62 Å². The summed E-state index contributed by atoms with van der Waals surface area (Å²) in [7, 11) is 0. The normalized spacial score (nSPS) is 23.3. The van der Waals surface area contributed by atoms with Crippen molar-refractivity contribution in [3.63, 3.8) is 0 Å². The summed E-state index contributed by atoms with van der Waals surface area (Å²) in [5.74, 6) is 1.43. The predicted molar refractivity (Wildman–Crippen MR) is 175 cm³/mol. The number of hydrogen-bond donors (Lipinski definition) is 2. The van der Waals surface area contributed by atoms with E-state index in [-0.39, 0.29) is 5.37 Å². The number of rotatable bonds is 4. The fourth-order valence-corrected chi connectivity index (χ4v) is 10.1. The van der Waals surface area contributed by atoms with Gasteiger partial charge >= 0.3 is 0 Å². The second-order valence-electron chi connectivity index (χ2n) is 10.6. The van der Waals surface area contributed by atoms with Crippen LogP contribution in [0.25, 0.3) is 42.9 Å². The quantitative estimate of drug-likeness (QED) is 0.198. The largest absolute Gasteiger partial charge is 0.323 e. The number of thioether (sulfide) groups is 1. The van der Waals surface area contributed by atoms with Crippen molar-refractivity contribution in [2.45, 2.75) is 24.3 Å². The van der Waals surface area contributed by atoms with E-state index in [9.17, 15) is 0 Å². The van der Waals surface area contributed by atoms with E-state index in [1.165, 1.54) is 25.5 Å². The molecular formula is C31H24N6S4. The zero-order valence-electron chi connectivity index (χ0n) is 21.8. The third kappa shape index (κ3) is 3.99. The molecule has 10 heteroatoms. The first-order valence-corrected chi connectivity index (χ1v) is 17.0. The van der Waals surface area contributed by atoms with Crippen molar-refractivity contribution in [3.8, 4) is 21.8 Å². The number of nitrogens with one attached hydrogen (secondary N) is 2. The molecule has 2 aromatic carbocycles. The molecule has 2 aliphatic heterocycles. The van der Waals surface area contributed by atoms with Crippen molar-refractivity contribution in [3.05, 3.63) is 93.7 Å². The second kappa shape index (κ2) is 9.71. The first kappa shape index (κ1) is 24.4. The van der Waals surface area contributed by atoms with Crippen LogP contribution in [0.5, 0.6) is 0 Å². The van der Waals surface area contributed by atoms with Gasteiger partial charge in [0, 0.05) is 62.0 Å². The fraction of sp³-hybridized carbons (Fsp3) is 0.194. The van der Waals surface area contributed by atoms with Crippen LogP contribution >= 0.6 is 46.6 Å². The maximum atomic E-state index is 5.35. The molecule has 3 aromatic heterocycles. The molecule has 9 rings (SSSR count). The lowest BCUT2D eigenvalue weighted by Gasteiger charge is -2.20. The van der Waals surface area contributed by atoms with Gasteiger partial charge in [0.1, 0.15) is 10.5 Å². The minimum atomic E-state index is 0.0605. The van der Waals surface area contributed by atoms with Gasteiger partial charge in [-0.3, -0.25) is 9.62 Å². The van der Waals surface area contributed by atoms with Gasteiger partial charge < -0.3 is 4.98 Å². The molecule has 5 aromatic rings. The highest BCUT2D eigenvalue weighted by Crippen LogP contribution is 2.52. The predicted octanol–water partition coefficient (Wildman–Crippen LogP) is 8.44. The maximum Gasteiger partial charge on any atom is 0.214 e. The molecule has 6 nitrogen and oxygen atoms in total. The lowest BCUT2D eigenvalue weighted by Crippen LogP contribution is -2.25. The van der Waals surface area contributed by atoms with Crippen molar-refractivity contribution in [1.29, 1.82) is 0 Å². The Morgan fingerprint density at radius 1 is 1.02 bits per heavy atom. The molecule has 3 unspecified atom stereocenters. The van der Waals surface area contributed by atoms with Crippen LogP contribution in [0.1, 0.15) is 23.8 Å². The van der Waals surface area contributed by atoms with Gasteiger partial charge in [0.15, 0.2) is 0 Å². The Bertz CT molecular complexity index is 1950. The molecule has 0 radical (unpaired) electrons. The summed E-state index contributed by atoms with van der Waals surface area (Å²) in [6.07, 6.45) is 17.4. The van der Waals surface area contributed by atoms with E-state index in [4.69, 9.17) is 14.3 Å². The lowest BCUT2D eigenvalue weighted by molar-refractivity contribution is 0.605. The minimum Gasteiger partial charge on any atom is -0.323 e. The average Bonchev–Trinajstić information content (AvgIpc) is 3.84. The molecule has 4 aliphatic rings. The standard InChI is InChI=1S/C31H24N6S4/c1-4-10-22-17(7-1)16-37(41-22)31-34-21-15-19(29-32-13-14-38-29)25(30-33-20-9-3-6-12-24(20)39-30)26(28(21)35-31)27-18-8-2-5-11-23(18)40-36-27/h1-6,8,10-15,17,20,30,33H,7,9,16H2,(H,34,35). The zero-order valence-corrected chi connectivity index (χ0v) is 25.0. The number of anilines is 1. The smallest absolute Gasteiger partial charge is 0.214 e. The molecule has 0 spiro atoms. The summed E-state index contributed by atoms with van der Waals surface area (Å²) in [6.45, 7) is 0.949. The van der Waals surface area contributed by atoms with Crippen molar-refractivity contribution in [2.75, 3.05) is 10.8 Å². The molecule has 2 fully saturated rings. The summed E-state index contributed by atoms with van der Waals surface area (Å²) in [4.78, 5) is 16.7. The Hall–Kier alpha value is -3.15. The van der Waals surface area contributed by atoms with E-state index in [0.717, 1.165) is 58.2 Å². The summed E-state index contributed by atoms with van der Waals surface area (Å²) < 4.78 is 8.60. The monoisotopic (exact) mass is 608 g/mol. The van der Waals surface area contributed by atoms with Crippen molar-refractivity contribution < 1.29 is 0 Å². The highest BCUT2D eigenvalue weighted by Gasteiger charge is 2.37. The van der Waals surface area contributed by atoms with E-state index in [0.29, 0.717) is 12.0 Å². The SMILES string of the molecule is C1=CCC2CN(c3nc4c(-c5nsc6ccccc56)c(C5NC6CC=CC=C6S5)c(-c5nccs5)cc4[nH]3)SC2=C1. The van der Waals surface area contributed by atoms with Crippen LogP contribution in [0.4, 0.5) is 5.95 Å². The van der Waals surface area contributed by atoms with E-state index >= 15 is 0 Å². The van der Waals surface area contributed by atoms with E-state index in [1.54, 1.807) is 22.9 Å².